The van der Waals surface area contributed by atoms with E-state index >= 15 is 0 Å². The highest BCUT2D eigenvalue weighted by Crippen LogP contribution is 2.30. The van der Waals surface area contributed by atoms with Crippen molar-refractivity contribution in [2.45, 2.75) is 0 Å². The Labute approximate surface area is 190 Å². The SMILES string of the molecule is Nc1ccc(N=Nc2ccc(Oc3ccc(N=Nc4ccc(N)cc4N)cc3)cc2)c(N)c1. The fourth-order valence-electron chi connectivity index (χ4n) is 2.85. The summed E-state index contributed by atoms with van der Waals surface area (Å²) in [6.45, 7) is 0. The van der Waals surface area contributed by atoms with Crippen molar-refractivity contribution >= 4 is 45.5 Å². The first-order valence-electron chi connectivity index (χ1n) is 9.98. The van der Waals surface area contributed by atoms with E-state index in [1.54, 1.807) is 84.9 Å². The van der Waals surface area contributed by atoms with Gasteiger partial charge in [0.1, 0.15) is 22.9 Å². The standard InChI is InChI=1S/C24H22N8O/c25-15-1-11-23(21(27)13-15)31-29-17-3-7-19(8-4-17)33-20-9-5-18(6-10-20)30-32-24-12-2-16(26)14-22(24)28/h1-14H,25-28H2. The maximum Gasteiger partial charge on any atom is 0.127 e. The summed E-state index contributed by atoms with van der Waals surface area (Å²) < 4.78 is 5.87. The number of hydrogen-bond donors (Lipinski definition) is 4. The highest BCUT2D eigenvalue weighted by atomic mass is 16.5. The van der Waals surface area contributed by atoms with Crippen LogP contribution in [0.3, 0.4) is 0 Å². The van der Waals surface area contributed by atoms with E-state index in [9.17, 15) is 0 Å². The zero-order valence-electron chi connectivity index (χ0n) is 17.6. The van der Waals surface area contributed by atoms with Gasteiger partial charge in [-0.3, -0.25) is 0 Å². The van der Waals surface area contributed by atoms with Gasteiger partial charge < -0.3 is 27.7 Å². The Hall–Kier alpha value is -4.92. The van der Waals surface area contributed by atoms with Crippen LogP contribution < -0.4 is 27.7 Å². The zero-order chi connectivity index (χ0) is 23.2. The van der Waals surface area contributed by atoms with Gasteiger partial charge >= 0.3 is 0 Å². The second-order valence-electron chi connectivity index (χ2n) is 7.13. The predicted octanol–water partition coefficient (Wildman–Crippen LogP) is 6.64. The molecule has 0 unspecified atom stereocenters. The minimum absolute atomic E-state index is 0.471. The van der Waals surface area contributed by atoms with Crippen molar-refractivity contribution in [3.63, 3.8) is 0 Å². The fourth-order valence-corrected chi connectivity index (χ4v) is 2.85. The van der Waals surface area contributed by atoms with E-state index < -0.39 is 0 Å². The second-order valence-corrected chi connectivity index (χ2v) is 7.13. The lowest BCUT2D eigenvalue weighted by Gasteiger charge is -2.06. The van der Waals surface area contributed by atoms with E-state index in [1.807, 2.05) is 0 Å². The van der Waals surface area contributed by atoms with E-state index in [0.717, 1.165) is 0 Å². The average Bonchev–Trinajstić information content (AvgIpc) is 2.80. The van der Waals surface area contributed by atoms with Gasteiger partial charge in [0.05, 0.1) is 22.7 Å². The molecule has 4 rings (SSSR count). The number of ether oxygens (including phenoxy) is 1. The van der Waals surface area contributed by atoms with Crippen LogP contribution in [0.2, 0.25) is 0 Å². The molecule has 0 aliphatic heterocycles. The number of azo groups is 2. The van der Waals surface area contributed by atoms with Gasteiger partial charge in [0.2, 0.25) is 0 Å². The molecule has 0 amide bonds. The van der Waals surface area contributed by atoms with Gasteiger partial charge in [-0.1, -0.05) is 0 Å². The summed E-state index contributed by atoms with van der Waals surface area (Å²) in [4.78, 5) is 0. The van der Waals surface area contributed by atoms with E-state index in [0.29, 0.717) is 57.0 Å². The largest absolute Gasteiger partial charge is 0.457 e. The van der Waals surface area contributed by atoms with Crippen LogP contribution in [0.25, 0.3) is 0 Å². The molecule has 4 aromatic carbocycles. The number of anilines is 4. The summed E-state index contributed by atoms with van der Waals surface area (Å²) in [6, 6.07) is 24.6. The number of nitrogen functional groups attached to an aromatic ring is 4. The highest BCUT2D eigenvalue weighted by Gasteiger charge is 2.01. The molecule has 0 radical (unpaired) electrons. The lowest BCUT2D eigenvalue weighted by atomic mass is 10.2. The van der Waals surface area contributed by atoms with Crippen LogP contribution in [0.1, 0.15) is 0 Å². The normalized spacial score (nSPS) is 11.3. The third-order valence-electron chi connectivity index (χ3n) is 4.56. The van der Waals surface area contributed by atoms with Crippen molar-refractivity contribution in [1.29, 1.82) is 0 Å². The molecule has 4 aromatic rings. The summed E-state index contributed by atoms with van der Waals surface area (Å²) in [5, 5.41) is 16.7. The first-order chi connectivity index (χ1) is 16.0. The van der Waals surface area contributed by atoms with Crippen molar-refractivity contribution < 1.29 is 4.74 Å². The van der Waals surface area contributed by atoms with Crippen LogP contribution in [0.5, 0.6) is 11.5 Å². The lowest BCUT2D eigenvalue weighted by molar-refractivity contribution is 0.483. The first-order valence-corrected chi connectivity index (χ1v) is 9.98. The van der Waals surface area contributed by atoms with Gasteiger partial charge in [0.25, 0.3) is 0 Å². The number of rotatable bonds is 6. The maximum absolute atomic E-state index is 5.89. The number of nitrogens with two attached hydrogens (primary N) is 4. The molecule has 8 N–H and O–H groups in total. The van der Waals surface area contributed by atoms with E-state index in [-0.39, 0.29) is 0 Å². The van der Waals surface area contributed by atoms with Gasteiger partial charge in [-0.15, -0.1) is 10.2 Å². The van der Waals surface area contributed by atoms with Gasteiger partial charge in [-0.25, -0.2) is 0 Å². The smallest absolute Gasteiger partial charge is 0.127 e. The number of benzene rings is 4. The van der Waals surface area contributed by atoms with Crippen LogP contribution in [0, 0.1) is 0 Å². The van der Waals surface area contributed by atoms with Gasteiger partial charge in [-0.05, 0) is 84.9 Å². The van der Waals surface area contributed by atoms with E-state index in [1.165, 1.54) is 0 Å². The monoisotopic (exact) mass is 438 g/mol. The van der Waals surface area contributed by atoms with Gasteiger partial charge in [-0.2, -0.15) is 10.2 Å². The van der Waals surface area contributed by atoms with Crippen molar-refractivity contribution in [2.24, 2.45) is 20.5 Å². The molecular weight excluding hydrogens is 416 g/mol. The van der Waals surface area contributed by atoms with Crippen molar-refractivity contribution in [2.75, 3.05) is 22.9 Å². The molecule has 0 heterocycles. The zero-order valence-corrected chi connectivity index (χ0v) is 17.6. The van der Waals surface area contributed by atoms with Gasteiger partial charge in [0, 0.05) is 11.4 Å². The fraction of sp³-hybridized carbons (Fsp3) is 0. The van der Waals surface area contributed by atoms with Crippen molar-refractivity contribution in [1.82, 2.24) is 0 Å². The minimum atomic E-state index is 0.471. The molecule has 0 bridgehead atoms. The topological polar surface area (TPSA) is 163 Å². The lowest BCUT2D eigenvalue weighted by Crippen LogP contribution is -1.89. The summed E-state index contributed by atoms with van der Waals surface area (Å²) >= 11 is 0. The predicted molar refractivity (Wildman–Crippen MR) is 132 cm³/mol. The molecule has 0 fully saturated rings. The third kappa shape index (κ3) is 5.61. The Balaban J connectivity index is 1.38. The van der Waals surface area contributed by atoms with E-state index in [2.05, 4.69) is 20.5 Å². The first kappa shape index (κ1) is 21.3. The summed E-state index contributed by atoms with van der Waals surface area (Å²) in [6.07, 6.45) is 0. The van der Waals surface area contributed by atoms with Crippen LogP contribution >= 0.6 is 0 Å². The Morgan fingerprint density at radius 1 is 0.455 bits per heavy atom. The Morgan fingerprint density at radius 2 is 0.848 bits per heavy atom. The Morgan fingerprint density at radius 3 is 1.21 bits per heavy atom. The van der Waals surface area contributed by atoms with Gasteiger partial charge in [0.15, 0.2) is 0 Å². The molecule has 0 spiro atoms. The van der Waals surface area contributed by atoms with Crippen molar-refractivity contribution in [3.8, 4) is 11.5 Å². The Bertz CT molecular complexity index is 1210. The molecule has 9 nitrogen and oxygen atoms in total. The summed E-state index contributed by atoms with van der Waals surface area (Å²) in [7, 11) is 0. The van der Waals surface area contributed by atoms with E-state index in [4.69, 9.17) is 27.7 Å². The number of nitrogens with zero attached hydrogens (tertiary/aromatic N) is 4. The maximum atomic E-state index is 5.89. The minimum Gasteiger partial charge on any atom is -0.457 e. The van der Waals surface area contributed by atoms with Crippen LogP contribution in [0.15, 0.2) is 105 Å². The number of hydrogen-bond acceptors (Lipinski definition) is 9. The van der Waals surface area contributed by atoms with Crippen molar-refractivity contribution in [3.05, 3.63) is 84.9 Å². The molecular formula is C24H22N8O. The molecule has 0 saturated carbocycles. The molecule has 9 heteroatoms. The third-order valence-corrected chi connectivity index (χ3v) is 4.56. The summed E-state index contributed by atoms with van der Waals surface area (Å²) in [5.41, 5.74) is 27.7. The summed E-state index contributed by atoms with van der Waals surface area (Å²) in [5.74, 6) is 1.31. The molecule has 0 saturated heterocycles. The second kappa shape index (κ2) is 9.48. The molecule has 33 heavy (non-hydrogen) atoms. The molecule has 0 aliphatic rings. The molecule has 0 aromatic heterocycles. The van der Waals surface area contributed by atoms with Crippen LogP contribution in [-0.2, 0) is 0 Å². The average molecular weight is 438 g/mol. The molecule has 164 valence electrons. The molecule has 0 aliphatic carbocycles. The molecule has 0 atom stereocenters. The van der Waals surface area contributed by atoms with Crippen LogP contribution in [-0.4, -0.2) is 0 Å². The Kier molecular flexibility index (Phi) is 6.12. The van der Waals surface area contributed by atoms with Crippen LogP contribution in [0.4, 0.5) is 45.5 Å². The highest BCUT2D eigenvalue weighted by molar-refractivity contribution is 5.68. The quantitative estimate of drug-likeness (QED) is 0.195.